The molecule has 31 heavy (non-hydrogen) atoms. The molecule has 1 fully saturated rings. The number of carbonyl (C=O) groups is 5. The summed E-state index contributed by atoms with van der Waals surface area (Å²) in [5.41, 5.74) is 1.07. The summed E-state index contributed by atoms with van der Waals surface area (Å²) >= 11 is 0. The second-order valence-electron chi connectivity index (χ2n) is 7.61. The Balaban J connectivity index is 1.45. The number of fused-ring (bicyclic) bond motifs is 1. The molecule has 164 valence electrons. The van der Waals surface area contributed by atoms with Gasteiger partial charge in [-0.1, -0.05) is 12.2 Å². The van der Waals surface area contributed by atoms with Crippen LogP contribution in [0.5, 0.6) is 0 Å². The molecule has 1 aliphatic carbocycles. The quantitative estimate of drug-likeness (QED) is 0.389. The fourth-order valence-electron chi connectivity index (χ4n) is 3.69. The average molecular weight is 427 g/mol. The van der Waals surface area contributed by atoms with Crippen LogP contribution in [0.3, 0.4) is 0 Å². The van der Waals surface area contributed by atoms with E-state index in [1.165, 1.54) is 13.8 Å². The minimum Gasteiger partial charge on any atom is -0.452 e. The van der Waals surface area contributed by atoms with Crippen LogP contribution in [0.15, 0.2) is 36.4 Å². The summed E-state index contributed by atoms with van der Waals surface area (Å²) in [5, 5.41) is 5.24. The maximum absolute atomic E-state index is 12.4. The molecule has 9 nitrogen and oxygen atoms in total. The predicted molar refractivity (Wildman–Crippen MR) is 112 cm³/mol. The molecular weight excluding hydrogens is 402 g/mol. The second-order valence-corrected chi connectivity index (χ2v) is 7.61. The third-order valence-electron chi connectivity index (χ3n) is 5.29. The van der Waals surface area contributed by atoms with E-state index >= 15 is 0 Å². The van der Waals surface area contributed by atoms with Crippen molar-refractivity contribution in [2.75, 3.05) is 17.2 Å². The lowest BCUT2D eigenvalue weighted by Gasteiger charge is -2.16. The van der Waals surface area contributed by atoms with E-state index in [0.29, 0.717) is 24.2 Å². The maximum Gasteiger partial charge on any atom is 0.308 e. The van der Waals surface area contributed by atoms with Gasteiger partial charge in [0, 0.05) is 24.8 Å². The highest BCUT2D eigenvalue weighted by Gasteiger charge is 2.47. The molecule has 2 N–H and O–H groups in total. The number of hydrogen-bond donors (Lipinski definition) is 2. The van der Waals surface area contributed by atoms with E-state index in [1.54, 1.807) is 24.3 Å². The molecule has 1 saturated heterocycles. The van der Waals surface area contributed by atoms with Crippen LogP contribution in [0, 0.1) is 11.8 Å². The molecule has 0 radical (unpaired) electrons. The van der Waals surface area contributed by atoms with Gasteiger partial charge in [-0.25, -0.2) is 0 Å². The van der Waals surface area contributed by atoms with Gasteiger partial charge in [-0.2, -0.15) is 0 Å². The molecule has 0 saturated carbocycles. The molecule has 9 heteroatoms. The topological polar surface area (TPSA) is 122 Å². The number of nitrogens with one attached hydrogen (secondary N) is 2. The molecule has 1 heterocycles. The summed E-state index contributed by atoms with van der Waals surface area (Å²) < 4.78 is 5.14. The number of esters is 1. The number of ether oxygens (including phenoxy) is 1. The molecule has 0 aromatic heterocycles. The van der Waals surface area contributed by atoms with Crippen molar-refractivity contribution in [2.45, 2.75) is 39.2 Å². The fourth-order valence-corrected chi connectivity index (χ4v) is 3.69. The average Bonchev–Trinajstić information content (AvgIpc) is 2.98. The largest absolute Gasteiger partial charge is 0.452 e. The number of hydrogen-bond acceptors (Lipinski definition) is 6. The van der Waals surface area contributed by atoms with Gasteiger partial charge in [0.2, 0.25) is 17.7 Å². The van der Waals surface area contributed by atoms with Crippen LogP contribution >= 0.6 is 0 Å². The number of nitrogens with zero attached hydrogens (tertiary/aromatic N) is 1. The maximum atomic E-state index is 12.4. The Kier molecular flexibility index (Phi) is 6.84. The first-order valence-corrected chi connectivity index (χ1v) is 10.1. The van der Waals surface area contributed by atoms with E-state index < -0.39 is 18.0 Å². The van der Waals surface area contributed by atoms with E-state index in [0.717, 1.165) is 4.90 Å². The zero-order valence-electron chi connectivity index (χ0n) is 17.4. The Morgan fingerprint density at radius 2 is 1.52 bits per heavy atom. The van der Waals surface area contributed by atoms with Crippen molar-refractivity contribution in [3.05, 3.63) is 36.4 Å². The zero-order chi connectivity index (χ0) is 22.5. The molecule has 1 aromatic rings. The monoisotopic (exact) mass is 427 g/mol. The van der Waals surface area contributed by atoms with Crippen LogP contribution < -0.4 is 10.6 Å². The first-order chi connectivity index (χ1) is 14.8. The molecule has 4 amide bonds. The number of allylic oxidation sites excluding steroid dienone is 2. The van der Waals surface area contributed by atoms with Gasteiger partial charge in [0.15, 0.2) is 6.10 Å². The van der Waals surface area contributed by atoms with Gasteiger partial charge < -0.3 is 15.4 Å². The van der Waals surface area contributed by atoms with Crippen LogP contribution in [0.4, 0.5) is 11.4 Å². The molecule has 1 aliphatic heterocycles. The van der Waals surface area contributed by atoms with Gasteiger partial charge in [0.05, 0.1) is 18.3 Å². The summed E-state index contributed by atoms with van der Waals surface area (Å²) in [6.07, 6.45) is 3.65. The van der Waals surface area contributed by atoms with Crippen LogP contribution in [-0.2, 0) is 28.7 Å². The number of likely N-dealkylation sites (tertiary alicyclic amines) is 1. The first kappa shape index (κ1) is 22.2. The van der Waals surface area contributed by atoms with Gasteiger partial charge in [0.25, 0.3) is 5.91 Å². The lowest BCUT2D eigenvalue weighted by atomic mass is 9.85. The molecule has 3 atom stereocenters. The molecule has 1 aromatic carbocycles. The number of amides is 4. The third kappa shape index (κ3) is 5.36. The van der Waals surface area contributed by atoms with E-state index in [4.69, 9.17) is 4.74 Å². The second kappa shape index (κ2) is 9.55. The Morgan fingerprint density at radius 3 is 2.03 bits per heavy atom. The van der Waals surface area contributed by atoms with Gasteiger partial charge >= 0.3 is 5.97 Å². The van der Waals surface area contributed by atoms with Gasteiger partial charge in [0.1, 0.15) is 0 Å². The zero-order valence-corrected chi connectivity index (χ0v) is 17.4. The number of carbonyl (C=O) groups excluding carboxylic acids is 5. The number of benzene rings is 1. The Hall–Kier alpha value is -3.49. The van der Waals surface area contributed by atoms with E-state index in [2.05, 4.69) is 10.6 Å². The van der Waals surface area contributed by atoms with Crippen molar-refractivity contribution in [3.63, 3.8) is 0 Å². The number of imide groups is 1. The minimum absolute atomic E-state index is 0.0531. The molecule has 0 bridgehead atoms. The van der Waals surface area contributed by atoms with E-state index in [-0.39, 0.29) is 42.5 Å². The van der Waals surface area contributed by atoms with Crippen LogP contribution in [0.1, 0.15) is 33.1 Å². The third-order valence-corrected chi connectivity index (χ3v) is 5.29. The van der Waals surface area contributed by atoms with Crippen molar-refractivity contribution >= 4 is 41.0 Å². The summed E-state index contributed by atoms with van der Waals surface area (Å²) in [5.74, 6) is -2.57. The molecular formula is C22H25N3O6. The van der Waals surface area contributed by atoms with Gasteiger partial charge in [-0.15, -0.1) is 0 Å². The molecule has 0 unspecified atom stereocenters. The van der Waals surface area contributed by atoms with Crippen molar-refractivity contribution in [1.82, 2.24) is 4.90 Å². The molecule has 2 aliphatic rings. The number of rotatable bonds is 7. The summed E-state index contributed by atoms with van der Waals surface area (Å²) in [6.45, 7) is 2.78. The minimum atomic E-state index is -1.06. The fraction of sp³-hybridized carbons (Fsp3) is 0.409. The van der Waals surface area contributed by atoms with Crippen molar-refractivity contribution in [3.8, 4) is 0 Å². The van der Waals surface area contributed by atoms with Crippen LogP contribution in [0.25, 0.3) is 0 Å². The summed E-state index contributed by atoms with van der Waals surface area (Å²) in [7, 11) is 0. The van der Waals surface area contributed by atoms with Gasteiger partial charge in [-0.3, -0.25) is 28.9 Å². The van der Waals surface area contributed by atoms with Crippen molar-refractivity contribution in [1.29, 1.82) is 0 Å². The Labute approximate surface area is 179 Å². The van der Waals surface area contributed by atoms with Crippen LogP contribution in [-0.4, -0.2) is 47.1 Å². The highest BCUT2D eigenvalue weighted by molar-refractivity contribution is 6.05. The van der Waals surface area contributed by atoms with Crippen molar-refractivity contribution in [2.24, 2.45) is 11.8 Å². The Morgan fingerprint density at radius 1 is 1.00 bits per heavy atom. The summed E-state index contributed by atoms with van der Waals surface area (Å²) in [4.78, 5) is 61.4. The Bertz CT molecular complexity index is 898. The highest BCUT2D eigenvalue weighted by atomic mass is 16.5. The SMILES string of the molecule is CC(=O)Nc1ccc(NC(=O)[C@H](C)OC(=O)CCN2C(=O)[C@H]3CC=CC[C@H]3C2=O)cc1. The van der Waals surface area contributed by atoms with Crippen molar-refractivity contribution < 1.29 is 28.7 Å². The first-order valence-electron chi connectivity index (χ1n) is 10.1. The number of anilines is 2. The van der Waals surface area contributed by atoms with E-state index in [9.17, 15) is 24.0 Å². The lowest BCUT2D eigenvalue weighted by Crippen LogP contribution is -2.35. The standard InChI is InChI=1S/C22H25N3O6/c1-13(20(28)24-16-9-7-15(8-10-16)23-14(2)26)31-19(27)11-12-25-21(29)17-5-3-4-6-18(17)22(25)30/h3-4,7-10,13,17-18H,5-6,11-12H2,1-2H3,(H,23,26)(H,24,28)/t13-,17-,18+/m0/s1. The lowest BCUT2D eigenvalue weighted by molar-refractivity contribution is -0.154. The highest BCUT2D eigenvalue weighted by Crippen LogP contribution is 2.35. The summed E-state index contributed by atoms with van der Waals surface area (Å²) in [6, 6.07) is 6.48. The molecule has 0 spiro atoms. The van der Waals surface area contributed by atoms with Gasteiger partial charge in [-0.05, 0) is 44.0 Å². The van der Waals surface area contributed by atoms with E-state index in [1.807, 2.05) is 12.2 Å². The normalized spacial score (nSPS) is 20.8. The predicted octanol–water partition coefficient (Wildman–Crippen LogP) is 1.86. The van der Waals surface area contributed by atoms with Crippen LogP contribution in [0.2, 0.25) is 0 Å². The molecule has 3 rings (SSSR count). The smallest absolute Gasteiger partial charge is 0.308 e.